The van der Waals surface area contributed by atoms with Crippen molar-refractivity contribution in [1.82, 2.24) is 14.9 Å². The van der Waals surface area contributed by atoms with Crippen molar-refractivity contribution in [3.05, 3.63) is 58.9 Å². The Kier molecular flexibility index (Phi) is 4.89. The molecule has 4 rings (SSSR count). The zero-order chi connectivity index (χ0) is 19.9. The highest BCUT2D eigenvalue weighted by molar-refractivity contribution is 7.90. The maximum Gasteiger partial charge on any atom is 0.253 e. The van der Waals surface area contributed by atoms with Crippen LogP contribution in [-0.4, -0.2) is 48.5 Å². The van der Waals surface area contributed by atoms with Crippen molar-refractivity contribution in [2.75, 3.05) is 19.3 Å². The molecule has 0 radical (unpaired) electrons. The van der Waals surface area contributed by atoms with Gasteiger partial charge in [0.2, 0.25) is 0 Å². The van der Waals surface area contributed by atoms with Crippen LogP contribution in [0.5, 0.6) is 0 Å². The summed E-state index contributed by atoms with van der Waals surface area (Å²) in [5.41, 5.74) is 2.46. The van der Waals surface area contributed by atoms with Gasteiger partial charge in [0.25, 0.3) is 5.91 Å². The van der Waals surface area contributed by atoms with Gasteiger partial charge in [-0.05, 0) is 54.7 Å². The first-order valence-corrected chi connectivity index (χ1v) is 11.3. The number of likely N-dealkylation sites (tertiary alicyclic amines) is 1. The smallest absolute Gasteiger partial charge is 0.253 e. The number of H-pyrrole nitrogens is 1. The maximum atomic E-state index is 12.9. The topological polar surface area (TPSA) is 83.1 Å². The van der Waals surface area contributed by atoms with Crippen molar-refractivity contribution in [3.63, 3.8) is 0 Å². The molecular weight excluding hydrogens is 398 g/mol. The number of carbonyl (C=O) groups is 1. The number of piperidine rings is 1. The van der Waals surface area contributed by atoms with Gasteiger partial charge in [-0.15, -0.1) is 0 Å². The summed E-state index contributed by atoms with van der Waals surface area (Å²) in [6.07, 6.45) is 6.56. The number of rotatable bonds is 3. The number of nitrogens with one attached hydrogen (secondary N) is 1. The van der Waals surface area contributed by atoms with E-state index in [-0.39, 0.29) is 15.8 Å². The molecule has 0 unspecified atom stereocenters. The van der Waals surface area contributed by atoms with Crippen molar-refractivity contribution in [1.29, 1.82) is 0 Å². The molecule has 3 heterocycles. The minimum absolute atomic E-state index is 0.0128. The highest BCUT2D eigenvalue weighted by atomic mass is 35.5. The number of fused-ring (bicyclic) bond motifs is 1. The van der Waals surface area contributed by atoms with Crippen LogP contribution in [0.25, 0.3) is 11.0 Å². The normalized spacial score (nSPS) is 15.9. The van der Waals surface area contributed by atoms with E-state index < -0.39 is 9.84 Å². The van der Waals surface area contributed by atoms with Crippen LogP contribution in [-0.2, 0) is 9.84 Å². The number of nitrogens with zero attached hydrogens (tertiary/aromatic N) is 2. The van der Waals surface area contributed by atoms with Gasteiger partial charge in [0.1, 0.15) is 5.65 Å². The molecule has 8 heteroatoms. The van der Waals surface area contributed by atoms with Crippen LogP contribution >= 0.6 is 11.6 Å². The molecule has 28 heavy (non-hydrogen) atoms. The number of halogens is 1. The zero-order valence-corrected chi connectivity index (χ0v) is 16.9. The summed E-state index contributed by atoms with van der Waals surface area (Å²) in [4.78, 5) is 22.2. The van der Waals surface area contributed by atoms with E-state index in [9.17, 15) is 13.2 Å². The molecule has 1 N–H and O–H groups in total. The third-order valence-electron chi connectivity index (χ3n) is 5.28. The molecule has 1 aliphatic heterocycles. The molecule has 0 atom stereocenters. The Hall–Kier alpha value is -2.38. The number of hydrogen-bond acceptors (Lipinski definition) is 4. The van der Waals surface area contributed by atoms with Crippen molar-refractivity contribution in [2.45, 2.75) is 23.7 Å². The molecule has 1 fully saturated rings. The summed E-state index contributed by atoms with van der Waals surface area (Å²) >= 11 is 5.98. The van der Waals surface area contributed by atoms with E-state index in [1.807, 2.05) is 12.3 Å². The third-order valence-corrected chi connectivity index (χ3v) is 6.86. The Balaban J connectivity index is 1.50. The first-order valence-electron chi connectivity index (χ1n) is 9.05. The molecule has 0 bridgehead atoms. The van der Waals surface area contributed by atoms with Gasteiger partial charge in [0.05, 0.1) is 9.92 Å². The van der Waals surface area contributed by atoms with E-state index in [1.54, 1.807) is 17.2 Å². The second-order valence-electron chi connectivity index (χ2n) is 7.13. The molecule has 1 saturated heterocycles. The minimum Gasteiger partial charge on any atom is -0.346 e. The Morgan fingerprint density at radius 2 is 2.00 bits per heavy atom. The number of carbonyl (C=O) groups excluding carboxylic acids is 1. The summed E-state index contributed by atoms with van der Waals surface area (Å²) in [7, 11) is -3.49. The molecular formula is C20H20ClN3O3S. The van der Waals surface area contributed by atoms with Gasteiger partial charge in [-0.2, -0.15) is 0 Å². The van der Waals surface area contributed by atoms with Crippen LogP contribution in [0.4, 0.5) is 0 Å². The van der Waals surface area contributed by atoms with Gasteiger partial charge < -0.3 is 9.88 Å². The Bertz CT molecular complexity index is 1150. The van der Waals surface area contributed by atoms with Crippen LogP contribution in [0.1, 0.15) is 34.7 Å². The average Bonchev–Trinajstić information content (AvgIpc) is 3.11. The number of amides is 1. The summed E-state index contributed by atoms with van der Waals surface area (Å²) in [5, 5.41) is 1.26. The fourth-order valence-electron chi connectivity index (χ4n) is 3.81. The Labute approximate surface area is 168 Å². The second-order valence-corrected chi connectivity index (χ2v) is 9.52. The first kappa shape index (κ1) is 19.0. The lowest BCUT2D eigenvalue weighted by molar-refractivity contribution is 0.0713. The Morgan fingerprint density at radius 1 is 1.25 bits per heavy atom. The summed E-state index contributed by atoms with van der Waals surface area (Å²) in [6, 6.07) is 8.41. The maximum absolute atomic E-state index is 12.9. The van der Waals surface area contributed by atoms with Gasteiger partial charge in [0, 0.05) is 42.7 Å². The van der Waals surface area contributed by atoms with E-state index in [2.05, 4.69) is 16.0 Å². The molecule has 1 aliphatic rings. The minimum atomic E-state index is -3.49. The predicted molar refractivity (Wildman–Crippen MR) is 109 cm³/mol. The molecule has 6 nitrogen and oxygen atoms in total. The lowest BCUT2D eigenvalue weighted by Crippen LogP contribution is -2.38. The quantitative estimate of drug-likeness (QED) is 0.705. The monoisotopic (exact) mass is 417 g/mol. The fraction of sp³-hybridized carbons (Fsp3) is 0.300. The van der Waals surface area contributed by atoms with Crippen LogP contribution in [0.15, 0.2) is 47.6 Å². The number of benzene rings is 1. The fourth-order valence-corrected chi connectivity index (χ4v) is 5.11. The van der Waals surface area contributed by atoms with Crippen molar-refractivity contribution in [3.8, 4) is 0 Å². The van der Waals surface area contributed by atoms with Crippen LogP contribution < -0.4 is 0 Å². The van der Waals surface area contributed by atoms with Crippen molar-refractivity contribution < 1.29 is 13.2 Å². The van der Waals surface area contributed by atoms with Gasteiger partial charge in [-0.3, -0.25) is 4.79 Å². The number of hydrogen-bond donors (Lipinski definition) is 1. The Morgan fingerprint density at radius 3 is 2.71 bits per heavy atom. The summed E-state index contributed by atoms with van der Waals surface area (Å²) < 4.78 is 23.7. The SMILES string of the molecule is CS(=O)(=O)c1cc(C(=O)N2CCC(c3c[nH]c4ncccc34)CC2)ccc1Cl. The van der Waals surface area contributed by atoms with E-state index in [0.29, 0.717) is 24.6 Å². The van der Waals surface area contributed by atoms with E-state index in [0.717, 1.165) is 30.1 Å². The third kappa shape index (κ3) is 3.52. The van der Waals surface area contributed by atoms with Crippen LogP contribution in [0, 0.1) is 0 Å². The van der Waals surface area contributed by atoms with Crippen LogP contribution in [0.2, 0.25) is 5.02 Å². The van der Waals surface area contributed by atoms with Crippen molar-refractivity contribution >= 4 is 38.4 Å². The van der Waals surface area contributed by atoms with E-state index in [1.165, 1.54) is 17.7 Å². The molecule has 2 aromatic heterocycles. The number of sulfone groups is 1. The van der Waals surface area contributed by atoms with E-state index >= 15 is 0 Å². The summed E-state index contributed by atoms with van der Waals surface area (Å²) in [6.45, 7) is 1.24. The second kappa shape index (κ2) is 7.22. The first-order chi connectivity index (χ1) is 13.3. The standard InChI is InChI=1S/C20H20ClN3O3S/c1-28(26,27)18-11-14(4-5-17(18)21)20(25)24-9-6-13(7-10-24)16-12-23-19-15(16)3-2-8-22-19/h2-5,8,11-13H,6-7,9-10H2,1H3,(H,22,23). The number of aromatic amines is 1. The van der Waals surface area contributed by atoms with Gasteiger partial charge in [-0.1, -0.05) is 11.6 Å². The van der Waals surface area contributed by atoms with E-state index in [4.69, 9.17) is 11.6 Å². The van der Waals surface area contributed by atoms with Gasteiger partial charge >= 0.3 is 0 Å². The molecule has 1 amide bonds. The number of pyridine rings is 1. The molecule has 0 aliphatic carbocycles. The highest BCUT2D eigenvalue weighted by Gasteiger charge is 2.27. The van der Waals surface area contributed by atoms with Crippen molar-refractivity contribution in [2.24, 2.45) is 0 Å². The lowest BCUT2D eigenvalue weighted by atomic mass is 9.89. The summed E-state index contributed by atoms with van der Waals surface area (Å²) in [5.74, 6) is 0.194. The largest absolute Gasteiger partial charge is 0.346 e. The zero-order valence-electron chi connectivity index (χ0n) is 15.4. The molecule has 146 valence electrons. The van der Waals surface area contributed by atoms with Crippen LogP contribution in [0.3, 0.4) is 0 Å². The average molecular weight is 418 g/mol. The molecule has 3 aromatic rings. The molecule has 0 saturated carbocycles. The predicted octanol–water partition coefficient (Wildman–Crippen LogP) is 3.64. The molecule has 0 spiro atoms. The number of aromatic nitrogens is 2. The van der Waals surface area contributed by atoms with Gasteiger partial charge in [0.15, 0.2) is 9.84 Å². The lowest BCUT2D eigenvalue weighted by Gasteiger charge is -2.32. The molecule has 1 aromatic carbocycles. The van der Waals surface area contributed by atoms with Gasteiger partial charge in [-0.25, -0.2) is 13.4 Å². The highest BCUT2D eigenvalue weighted by Crippen LogP contribution is 2.33.